The molecule has 1 aromatic heterocycles. The summed E-state index contributed by atoms with van der Waals surface area (Å²) in [5.74, 6) is -0.886. The van der Waals surface area contributed by atoms with Crippen molar-refractivity contribution in [2.75, 3.05) is 72.9 Å². The average Bonchev–Trinajstić information content (AvgIpc) is 3.24. The molecule has 2 aromatic carbocycles. The van der Waals surface area contributed by atoms with Crippen LogP contribution in [0.4, 0.5) is 31.8 Å². The predicted octanol–water partition coefficient (Wildman–Crippen LogP) is 4.70. The van der Waals surface area contributed by atoms with Crippen LogP contribution in [0.25, 0.3) is 11.3 Å². The monoisotopic (exact) mass is 785 g/mol. The third-order valence-corrected chi connectivity index (χ3v) is 12.4. The molecule has 13 nitrogen and oxygen atoms in total. The number of hydrogen-bond acceptors (Lipinski definition) is 11. The van der Waals surface area contributed by atoms with Gasteiger partial charge in [-0.2, -0.15) is 0 Å². The number of benzene rings is 2. The Labute approximate surface area is 332 Å². The Bertz CT molecular complexity index is 1910. The number of likely N-dealkylation sites (tertiary alicyclic amines) is 1. The Kier molecular flexibility index (Phi) is 12.1. The minimum atomic E-state index is -0.557. The van der Waals surface area contributed by atoms with Crippen LogP contribution in [-0.4, -0.2) is 109 Å². The third kappa shape index (κ3) is 9.47. The zero-order valence-corrected chi connectivity index (χ0v) is 32.4. The fourth-order valence-electron chi connectivity index (χ4n) is 9.08. The highest BCUT2D eigenvalue weighted by Gasteiger charge is 2.33. The summed E-state index contributed by atoms with van der Waals surface area (Å²) in [6, 6.07) is 12.9. The summed E-state index contributed by atoms with van der Waals surface area (Å²) < 4.78 is 35.7. The fraction of sp³-hybridized carbons (Fsp3) is 0.548. The largest absolute Gasteiger partial charge is 0.378 e. The minimum absolute atomic E-state index is 0.00589. The van der Waals surface area contributed by atoms with Gasteiger partial charge in [0.15, 0.2) is 5.82 Å². The van der Waals surface area contributed by atoms with E-state index in [1.54, 1.807) is 12.1 Å². The molecule has 1 aliphatic carbocycles. The second-order valence-corrected chi connectivity index (χ2v) is 16.1. The number of ether oxygens (including phenoxy) is 1. The minimum Gasteiger partial charge on any atom is -0.378 e. The van der Waals surface area contributed by atoms with Crippen molar-refractivity contribution in [2.45, 2.75) is 88.4 Å². The van der Waals surface area contributed by atoms with Crippen LogP contribution < -0.4 is 31.1 Å². The van der Waals surface area contributed by atoms with E-state index in [9.17, 15) is 18.8 Å². The molecular weight excluding hydrogens is 733 g/mol. The number of carbonyl (C=O) groups excluding carboxylic acids is 3. The first-order valence-corrected chi connectivity index (χ1v) is 20.7. The Morgan fingerprint density at radius 3 is 2.28 bits per heavy atom. The summed E-state index contributed by atoms with van der Waals surface area (Å²) in [6.07, 6.45) is 8.83. The molecule has 5 heterocycles. The molecule has 4 aliphatic heterocycles. The summed E-state index contributed by atoms with van der Waals surface area (Å²) in [5, 5.41) is 12.1. The molecule has 1 atom stereocenters. The average molecular weight is 786 g/mol. The van der Waals surface area contributed by atoms with Crippen molar-refractivity contribution in [1.29, 1.82) is 0 Å². The highest BCUT2D eigenvalue weighted by Crippen LogP contribution is 2.31. The summed E-state index contributed by atoms with van der Waals surface area (Å²) in [7, 11) is 0. The molecule has 15 heteroatoms. The highest BCUT2D eigenvalue weighted by atomic mass is 19.1. The van der Waals surface area contributed by atoms with Gasteiger partial charge < -0.3 is 35.4 Å². The van der Waals surface area contributed by atoms with Gasteiger partial charge in [-0.25, -0.2) is 18.7 Å². The molecule has 57 heavy (non-hydrogen) atoms. The van der Waals surface area contributed by atoms with Crippen molar-refractivity contribution < 1.29 is 27.9 Å². The number of morpholine rings is 1. The molecule has 0 spiro atoms. The first kappa shape index (κ1) is 39.0. The summed E-state index contributed by atoms with van der Waals surface area (Å²) in [6.45, 7) is 6.20. The molecule has 1 unspecified atom stereocenters. The quantitative estimate of drug-likeness (QED) is 0.213. The third-order valence-electron chi connectivity index (χ3n) is 12.4. The zero-order chi connectivity index (χ0) is 39.3. The molecule has 0 bridgehead atoms. The van der Waals surface area contributed by atoms with E-state index in [0.717, 1.165) is 96.3 Å². The van der Waals surface area contributed by atoms with E-state index in [0.29, 0.717) is 48.6 Å². The maximum absolute atomic E-state index is 15.2. The maximum Gasteiger partial charge on any atom is 0.249 e. The molecule has 3 amide bonds. The predicted molar refractivity (Wildman–Crippen MR) is 214 cm³/mol. The lowest BCUT2D eigenvalue weighted by atomic mass is 9.89. The van der Waals surface area contributed by atoms with Gasteiger partial charge in [0.05, 0.1) is 25.1 Å². The normalized spacial score (nSPS) is 24.2. The smallest absolute Gasteiger partial charge is 0.249 e. The van der Waals surface area contributed by atoms with E-state index in [-0.39, 0.29) is 53.7 Å². The van der Waals surface area contributed by atoms with Crippen LogP contribution in [0.1, 0.15) is 64.2 Å². The van der Waals surface area contributed by atoms with Gasteiger partial charge in [0, 0.05) is 73.6 Å². The lowest BCUT2D eigenvalue weighted by Gasteiger charge is -2.42. The Balaban J connectivity index is 0.750. The van der Waals surface area contributed by atoms with Gasteiger partial charge >= 0.3 is 0 Å². The lowest BCUT2D eigenvalue weighted by Crippen LogP contribution is -2.50. The molecule has 8 rings (SSSR count). The van der Waals surface area contributed by atoms with Gasteiger partial charge in [-0.3, -0.25) is 19.7 Å². The van der Waals surface area contributed by atoms with Crippen LogP contribution in [0.2, 0.25) is 0 Å². The second kappa shape index (κ2) is 17.7. The SMILES string of the molecule is O=C1CCC(Nc2ccc(N3CCC(N4CCC(C(=O)N[C@H]5CC[C@H](Nc6ncc(F)c(-c7cccc(N8CCOCC8)c7)n6)CC5)CC4)CC3)c(F)c2)C(=O)N1. The summed E-state index contributed by atoms with van der Waals surface area (Å²) in [4.78, 5) is 52.6. The van der Waals surface area contributed by atoms with Crippen LogP contribution in [0, 0.1) is 17.6 Å². The van der Waals surface area contributed by atoms with Crippen LogP contribution in [0.15, 0.2) is 48.7 Å². The van der Waals surface area contributed by atoms with Crippen molar-refractivity contribution in [2.24, 2.45) is 5.92 Å². The van der Waals surface area contributed by atoms with E-state index in [1.165, 1.54) is 12.3 Å². The number of nitrogens with zero attached hydrogens (tertiary/aromatic N) is 5. The zero-order valence-electron chi connectivity index (χ0n) is 32.4. The van der Waals surface area contributed by atoms with Gasteiger partial charge in [-0.05, 0) is 101 Å². The highest BCUT2D eigenvalue weighted by molar-refractivity contribution is 6.01. The molecule has 3 aromatic rings. The van der Waals surface area contributed by atoms with Gasteiger partial charge in [0.25, 0.3) is 0 Å². The fourth-order valence-corrected chi connectivity index (χ4v) is 9.08. The number of aromatic nitrogens is 2. The van der Waals surface area contributed by atoms with Crippen LogP contribution >= 0.6 is 0 Å². The Hall–Kier alpha value is -4.89. The van der Waals surface area contributed by atoms with E-state index in [1.807, 2.05) is 24.3 Å². The van der Waals surface area contributed by atoms with Crippen molar-refractivity contribution >= 4 is 40.7 Å². The van der Waals surface area contributed by atoms with Crippen LogP contribution in [0.3, 0.4) is 0 Å². The first-order chi connectivity index (χ1) is 27.8. The lowest BCUT2D eigenvalue weighted by molar-refractivity contribution is -0.133. The van der Waals surface area contributed by atoms with E-state index >= 15 is 4.39 Å². The number of halogens is 2. The molecule has 0 radical (unpaired) electrons. The van der Waals surface area contributed by atoms with E-state index < -0.39 is 11.9 Å². The number of rotatable bonds is 10. The first-order valence-electron chi connectivity index (χ1n) is 20.7. The number of hydrogen-bond donors (Lipinski definition) is 4. The molecule has 4 saturated heterocycles. The summed E-state index contributed by atoms with van der Waals surface area (Å²) >= 11 is 0. The molecule has 5 fully saturated rings. The number of piperidine rings is 3. The number of nitrogens with one attached hydrogen (secondary N) is 4. The number of amides is 3. The van der Waals surface area contributed by atoms with Gasteiger partial charge in [-0.1, -0.05) is 12.1 Å². The second-order valence-electron chi connectivity index (χ2n) is 16.1. The Morgan fingerprint density at radius 1 is 0.789 bits per heavy atom. The van der Waals surface area contributed by atoms with Crippen molar-refractivity contribution in [3.8, 4) is 11.3 Å². The molecule has 4 N–H and O–H groups in total. The molecule has 5 aliphatic rings. The van der Waals surface area contributed by atoms with Crippen molar-refractivity contribution in [3.63, 3.8) is 0 Å². The van der Waals surface area contributed by atoms with E-state index in [4.69, 9.17) is 4.74 Å². The van der Waals surface area contributed by atoms with Crippen LogP contribution in [0.5, 0.6) is 0 Å². The molecule has 304 valence electrons. The number of anilines is 4. The number of carbonyl (C=O) groups is 3. The molecular formula is C42H53F2N9O4. The number of imide groups is 1. The Morgan fingerprint density at radius 2 is 1.54 bits per heavy atom. The van der Waals surface area contributed by atoms with Crippen molar-refractivity contribution in [3.05, 3.63) is 60.3 Å². The van der Waals surface area contributed by atoms with Crippen molar-refractivity contribution in [1.82, 2.24) is 25.5 Å². The van der Waals surface area contributed by atoms with Crippen LogP contribution in [-0.2, 0) is 19.1 Å². The van der Waals surface area contributed by atoms with Gasteiger partial charge in [0.1, 0.15) is 17.6 Å². The molecule has 1 saturated carbocycles. The van der Waals surface area contributed by atoms with E-state index in [2.05, 4.69) is 45.9 Å². The standard InChI is InChI=1S/C42H53F2N9O4/c43-34-25-31(46-36-9-11-38(54)49-41(36)56)8-10-37(34)53-18-14-32(15-19-53)51-16-12-27(13-17-51)40(55)47-29-4-6-30(7-5-29)48-42-45-26-35(44)39(50-42)28-2-1-3-33(24-28)52-20-22-57-23-21-52/h1-3,8,10,24-27,29-30,32,36,46H,4-7,9,11-23H2,(H,47,55)(H,45,48,50)(H,49,54,56)/t29-,30-,36?. The summed E-state index contributed by atoms with van der Waals surface area (Å²) in [5.41, 5.74) is 3.09. The van der Waals surface area contributed by atoms with Gasteiger partial charge in [0.2, 0.25) is 23.7 Å². The topological polar surface area (TPSA) is 144 Å². The maximum atomic E-state index is 15.2. The van der Waals surface area contributed by atoms with Gasteiger partial charge in [-0.15, -0.1) is 0 Å².